The van der Waals surface area contributed by atoms with Gasteiger partial charge in [0.25, 0.3) is 5.91 Å². The number of ether oxygens (including phenoxy) is 1. The van der Waals surface area contributed by atoms with E-state index >= 15 is 0 Å². The lowest BCUT2D eigenvalue weighted by molar-refractivity contribution is -0.137. The number of hydrogen-bond donors (Lipinski definition) is 11. The van der Waals surface area contributed by atoms with Gasteiger partial charge >= 0.3 is 23.5 Å². The van der Waals surface area contributed by atoms with E-state index in [1.807, 2.05) is 0 Å². The molecule has 0 aliphatic carbocycles. The van der Waals surface area contributed by atoms with E-state index in [1.165, 1.54) is 19.3 Å². The highest BCUT2D eigenvalue weighted by molar-refractivity contribution is 7.99. The molecule has 12 N–H and O–H groups in total. The zero-order chi connectivity index (χ0) is 39.8. The number of carbonyl (C=O) groups is 3. The first-order valence-corrected chi connectivity index (χ1v) is 20.6. The zero-order valence-corrected chi connectivity index (χ0v) is 31.2. The summed E-state index contributed by atoms with van der Waals surface area (Å²) in [6.07, 6.45) is -6.97. The van der Waals surface area contributed by atoms with Crippen LogP contribution in [0.25, 0.3) is 11.2 Å². The van der Waals surface area contributed by atoms with Crippen molar-refractivity contribution in [2.45, 2.75) is 50.9 Å². The van der Waals surface area contributed by atoms with E-state index in [4.69, 9.17) is 24.7 Å². The van der Waals surface area contributed by atoms with Crippen molar-refractivity contribution in [2.24, 2.45) is 5.41 Å². The summed E-state index contributed by atoms with van der Waals surface area (Å²) in [6.45, 7) is 0.413. The van der Waals surface area contributed by atoms with Crippen molar-refractivity contribution in [2.75, 3.05) is 43.5 Å². The van der Waals surface area contributed by atoms with Gasteiger partial charge in [0.05, 0.1) is 25.3 Å². The molecule has 300 valence electrons. The smallest absolute Gasteiger partial charge is 0.386 e. The van der Waals surface area contributed by atoms with E-state index in [1.54, 1.807) is 0 Å². The quantitative estimate of drug-likeness (QED) is 0.0271. The van der Waals surface area contributed by atoms with Crippen LogP contribution in [-0.2, 0) is 50.7 Å². The minimum atomic E-state index is -5.57. The molecule has 3 amide bonds. The fraction of sp³-hybridized carbons (Fsp3) is 0.652. The SMILES string of the molecule is CC(C)(COP(=O)(O)OP(=O)(O)OC[C@H]1O[C@@H](n2cnc3c(N)ncnc32)[C@H](O)[C@@H]1OP(=O)(O)O)[C@@H](O)C(=O)NCCC(=O)NCCSCC(=O)NO. The van der Waals surface area contributed by atoms with Gasteiger partial charge in [-0.25, -0.2) is 34.1 Å². The number of phosphoric ester groups is 3. The summed E-state index contributed by atoms with van der Waals surface area (Å²) in [4.78, 5) is 86.1. The molecule has 2 unspecified atom stereocenters. The number of rotatable bonds is 21. The zero-order valence-electron chi connectivity index (χ0n) is 27.7. The fourth-order valence-electron chi connectivity index (χ4n) is 4.40. The summed E-state index contributed by atoms with van der Waals surface area (Å²) in [7, 11) is -16.4. The minimum absolute atomic E-state index is 0.0207. The molecule has 1 aliphatic rings. The molecule has 2 aromatic heterocycles. The molecular weight excluding hydrogens is 801 g/mol. The largest absolute Gasteiger partial charge is 0.481 e. The number of aromatic nitrogens is 4. The van der Waals surface area contributed by atoms with E-state index in [0.717, 1.165) is 29.0 Å². The van der Waals surface area contributed by atoms with Crippen molar-refractivity contribution in [3.63, 3.8) is 0 Å². The second kappa shape index (κ2) is 18.8. The van der Waals surface area contributed by atoms with Gasteiger partial charge in [-0.3, -0.25) is 37.7 Å². The van der Waals surface area contributed by atoms with Gasteiger partial charge in [-0.2, -0.15) is 16.1 Å². The monoisotopic (exact) mass is 840 g/mol. The van der Waals surface area contributed by atoms with E-state index < -0.39 is 90.5 Å². The van der Waals surface area contributed by atoms with Crippen molar-refractivity contribution < 1.29 is 85.7 Å². The number of imidazole rings is 1. The Balaban J connectivity index is 1.52. The van der Waals surface area contributed by atoms with Crippen LogP contribution < -0.4 is 21.8 Å². The topological polar surface area (TPSA) is 396 Å². The Labute approximate surface area is 303 Å². The third-order valence-electron chi connectivity index (χ3n) is 7.00. The summed E-state index contributed by atoms with van der Waals surface area (Å²) < 4.78 is 61.9. The average Bonchev–Trinajstić information content (AvgIpc) is 3.62. The number of nitrogens with two attached hydrogens (primary N) is 1. The Kier molecular flexibility index (Phi) is 15.8. The van der Waals surface area contributed by atoms with Gasteiger partial charge in [-0.15, -0.1) is 0 Å². The summed E-state index contributed by atoms with van der Waals surface area (Å²) in [5.74, 6) is -1.77. The highest BCUT2D eigenvalue weighted by Crippen LogP contribution is 2.61. The molecule has 3 rings (SSSR count). The molecule has 0 saturated carbocycles. The number of aliphatic hydroxyl groups is 2. The van der Waals surface area contributed by atoms with Gasteiger partial charge < -0.3 is 50.9 Å². The van der Waals surface area contributed by atoms with Crippen molar-refractivity contribution in [3.8, 4) is 0 Å². The van der Waals surface area contributed by atoms with Crippen LogP contribution in [-0.4, -0.2) is 134 Å². The predicted molar refractivity (Wildman–Crippen MR) is 177 cm³/mol. The second-order valence-corrected chi connectivity index (χ2v) is 17.0. The van der Waals surface area contributed by atoms with Crippen molar-refractivity contribution >= 4 is 69.9 Å². The number of fused-ring (bicyclic) bond motifs is 1. The number of nitrogens with one attached hydrogen (secondary N) is 3. The normalized spacial score (nSPS) is 22.1. The van der Waals surface area contributed by atoms with Gasteiger partial charge in [0.2, 0.25) is 11.8 Å². The van der Waals surface area contributed by atoms with Crippen LogP contribution in [0.4, 0.5) is 5.82 Å². The number of hydroxylamine groups is 1. The third kappa shape index (κ3) is 13.5. The van der Waals surface area contributed by atoms with Crippen LogP contribution in [0.15, 0.2) is 12.7 Å². The highest BCUT2D eigenvalue weighted by Gasteiger charge is 2.50. The van der Waals surface area contributed by atoms with E-state index in [-0.39, 0.29) is 42.2 Å². The predicted octanol–water partition coefficient (Wildman–Crippen LogP) is -2.36. The maximum absolute atomic E-state index is 12.6. The molecule has 30 heteroatoms. The summed E-state index contributed by atoms with van der Waals surface area (Å²) >= 11 is 1.15. The summed E-state index contributed by atoms with van der Waals surface area (Å²) in [5, 5.41) is 34.6. The molecule has 26 nitrogen and oxygen atoms in total. The van der Waals surface area contributed by atoms with E-state index in [0.29, 0.717) is 5.75 Å². The molecule has 0 aromatic carbocycles. The molecule has 0 bridgehead atoms. The Morgan fingerprint density at radius 1 is 1.06 bits per heavy atom. The first kappa shape index (κ1) is 44.7. The van der Waals surface area contributed by atoms with Gasteiger partial charge in [0.1, 0.15) is 36.3 Å². The molecule has 0 spiro atoms. The minimum Gasteiger partial charge on any atom is -0.386 e. The molecular formula is C23H39N8O18P3S. The second-order valence-electron chi connectivity index (χ2n) is 11.7. The van der Waals surface area contributed by atoms with Crippen molar-refractivity contribution in [3.05, 3.63) is 12.7 Å². The maximum atomic E-state index is 12.6. The first-order valence-electron chi connectivity index (χ1n) is 15.0. The van der Waals surface area contributed by atoms with E-state index in [9.17, 15) is 57.9 Å². The van der Waals surface area contributed by atoms with Crippen molar-refractivity contribution in [1.29, 1.82) is 0 Å². The number of amides is 3. The van der Waals surface area contributed by atoms with Crippen LogP contribution in [0.5, 0.6) is 0 Å². The van der Waals surface area contributed by atoms with Gasteiger partial charge in [-0.1, -0.05) is 13.8 Å². The summed E-state index contributed by atoms with van der Waals surface area (Å²) in [6, 6.07) is 0. The Hall–Kier alpha value is -2.68. The van der Waals surface area contributed by atoms with Crippen LogP contribution in [0.2, 0.25) is 0 Å². The average molecular weight is 841 g/mol. The van der Waals surface area contributed by atoms with Gasteiger partial charge in [0, 0.05) is 30.7 Å². The lowest BCUT2D eigenvalue weighted by atomic mass is 9.87. The Morgan fingerprint density at radius 3 is 2.40 bits per heavy atom. The first-order chi connectivity index (χ1) is 24.6. The van der Waals surface area contributed by atoms with Crippen LogP contribution >= 0.6 is 35.2 Å². The molecule has 0 radical (unpaired) electrons. The third-order valence-corrected chi connectivity index (χ3v) is 11.1. The van der Waals surface area contributed by atoms with Crippen LogP contribution in [0.1, 0.15) is 26.5 Å². The maximum Gasteiger partial charge on any atom is 0.481 e. The standard InChI is InChI=1S/C23H39N8O18P3S/c1-23(2,18(35)21(36)26-4-3-13(32)25-5-6-53-8-14(33)30-37)9-46-52(43,44)49-51(41,42)45-7-12-17(48-50(38,39)40)16(34)22(47-12)31-11-29-15-19(24)27-10-28-20(15)31/h10-12,16-18,22,34-35,37H,3-9H2,1-2H3,(H,25,32)(H,26,36)(H,30,33)(H,41,42)(H,43,44)(H2,24,27,28)(H2,38,39,40)/t12-,16-,17-,18+,22-/m1/s1. The molecule has 1 aliphatic heterocycles. The van der Waals surface area contributed by atoms with Gasteiger partial charge in [-0.05, 0) is 0 Å². The lowest BCUT2D eigenvalue weighted by Crippen LogP contribution is -2.46. The number of nitrogens with zero attached hydrogens (tertiary/aromatic N) is 4. The fourth-order valence-corrected chi connectivity index (χ4v) is 7.87. The molecule has 7 atom stereocenters. The molecule has 3 heterocycles. The van der Waals surface area contributed by atoms with Crippen LogP contribution in [0.3, 0.4) is 0 Å². The number of aliphatic hydroxyl groups excluding tert-OH is 2. The van der Waals surface area contributed by atoms with Crippen molar-refractivity contribution in [1.82, 2.24) is 35.6 Å². The number of carbonyl (C=O) groups excluding carboxylic acids is 3. The molecule has 1 fully saturated rings. The number of anilines is 1. The van der Waals surface area contributed by atoms with Crippen LogP contribution in [0, 0.1) is 5.41 Å². The number of hydrogen-bond acceptors (Lipinski definition) is 19. The van der Waals surface area contributed by atoms with Gasteiger partial charge in [0.15, 0.2) is 17.7 Å². The molecule has 2 aromatic rings. The van der Waals surface area contributed by atoms with E-state index in [2.05, 4.69) is 34.4 Å². The number of thioether (sulfide) groups is 1. The molecule has 1 saturated heterocycles. The lowest BCUT2D eigenvalue weighted by Gasteiger charge is -2.30. The summed E-state index contributed by atoms with van der Waals surface area (Å²) in [5.41, 5.74) is 5.69. The Morgan fingerprint density at radius 2 is 1.74 bits per heavy atom. The molecule has 53 heavy (non-hydrogen) atoms. The highest BCUT2D eigenvalue weighted by atomic mass is 32.2. The number of phosphoric acid groups is 3. The Bertz CT molecular complexity index is 1750. The number of nitrogen functional groups attached to an aromatic ring is 1.